The number of hydrogen-bond acceptors (Lipinski definition) is 5. The van der Waals surface area contributed by atoms with E-state index in [-0.39, 0.29) is 11.4 Å². The van der Waals surface area contributed by atoms with E-state index in [0.29, 0.717) is 23.3 Å². The molecule has 124 valence electrons. The Labute approximate surface area is 134 Å². The van der Waals surface area contributed by atoms with Crippen LogP contribution in [-0.2, 0) is 0 Å². The second-order valence-electron chi connectivity index (χ2n) is 5.35. The molecule has 0 unspecified atom stereocenters. The Morgan fingerprint density at radius 3 is 2.78 bits per heavy atom. The van der Waals surface area contributed by atoms with Gasteiger partial charge in [-0.3, -0.25) is 9.59 Å². The van der Waals surface area contributed by atoms with Crippen LogP contribution in [0.15, 0.2) is 27.4 Å². The molecule has 0 atom stereocenters. The highest BCUT2D eigenvalue weighted by Crippen LogP contribution is 2.22. The van der Waals surface area contributed by atoms with Gasteiger partial charge in [-0.05, 0) is 18.6 Å². The van der Waals surface area contributed by atoms with Crippen molar-refractivity contribution in [2.24, 2.45) is 0 Å². The summed E-state index contributed by atoms with van der Waals surface area (Å²) in [6.45, 7) is 2.63. The summed E-state index contributed by atoms with van der Waals surface area (Å²) in [5, 5.41) is 3.03. The van der Waals surface area contributed by atoms with Crippen molar-refractivity contribution in [3.05, 3.63) is 34.0 Å². The Bertz CT molecular complexity index is 752. The molecule has 0 aliphatic heterocycles. The molecule has 6 nitrogen and oxygen atoms in total. The molecule has 0 fully saturated rings. The van der Waals surface area contributed by atoms with E-state index in [1.165, 1.54) is 7.11 Å². The molecule has 0 radical (unpaired) electrons. The molecule has 1 amide bonds. The van der Waals surface area contributed by atoms with E-state index in [1.54, 1.807) is 18.2 Å². The van der Waals surface area contributed by atoms with Crippen molar-refractivity contribution in [1.82, 2.24) is 5.32 Å². The van der Waals surface area contributed by atoms with E-state index in [0.717, 1.165) is 25.7 Å². The van der Waals surface area contributed by atoms with Gasteiger partial charge in [0.25, 0.3) is 5.91 Å². The predicted octanol–water partition coefficient (Wildman–Crippen LogP) is 2.69. The Balaban J connectivity index is 2.23. The third kappa shape index (κ3) is 3.83. The van der Waals surface area contributed by atoms with Crippen LogP contribution in [0, 0.1) is 0 Å². The lowest BCUT2D eigenvalue weighted by Gasteiger charge is -2.08. The van der Waals surface area contributed by atoms with Crippen LogP contribution < -0.4 is 21.2 Å². The molecule has 2 rings (SSSR count). The maximum absolute atomic E-state index is 12.5. The summed E-state index contributed by atoms with van der Waals surface area (Å²) in [4.78, 5) is 24.7. The fourth-order valence-corrected chi connectivity index (χ4v) is 2.37. The van der Waals surface area contributed by atoms with Crippen molar-refractivity contribution in [3.8, 4) is 5.75 Å². The highest BCUT2D eigenvalue weighted by molar-refractivity contribution is 6.00. The predicted molar refractivity (Wildman–Crippen MR) is 89.9 cm³/mol. The number of amides is 1. The SMILES string of the molecule is CCCCCCNC(=O)c1c(N)oc2cc(OC)ccc2c1=O. The molecule has 0 spiro atoms. The number of anilines is 1. The first-order valence-corrected chi connectivity index (χ1v) is 7.77. The molecule has 1 aromatic heterocycles. The Morgan fingerprint density at radius 2 is 2.09 bits per heavy atom. The molecule has 2 aromatic rings. The first-order chi connectivity index (χ1) is 11.1. The molecule has 3 N–H and O–H groups in total. The summed E-state index contributed by atoms with van der Waals surface area (Å²) in [5.41, 5.74) is 5.49. The van der Waals surface area contributed by atoms with Gasteiger partial charge in [0.2, 0.25) is 11.3 Å². The molecule has 0 saturated carbocycles. The van der Waals surface area contributed by atoms with E-state index >= 15 is 0 Å². The maximum Gasteiger partial charge on any atom is 0.260 e. The summed E-state index contributed by atoms with van der Waals surface area (Å²) < 4.78 is 10.5. The van der Waals surface area contributed by atoms with Crippen LogP contribution in [0.4, 0.5) is 5.88 Å². The van der Waals surface area contributed by atoms with Crippen molar-refractivity contribution in [3.63, 3.8) is 0 Å². The highest BCUT2D eigenvalue weighted by atomic mass is 16.5. The molecule has 0 aliphatic carbocycles. The summed E-state index contributed by atoms with van der Waals surface area (Å²) >= 11 is 0. The van der Waals surface area contributed by atoms with Crippen LogP contribution >= 0.6 is 0 Å². The van der Waals surface area contributed by atoms with Gasteiger partial charge in [0.05, 0.1) is 12.5 Å². The van der Waals surface area contributed by atoms with Gasteiger partial charge in [0.15, 0.2) is 0 Å². The van der Waals surface area contributed by atoms with E-state index < -0.39 is 11.3 Å². The number of carbonyl (C=O) groups is 1. The fourth-order valence-electron chi connectivity index (χ4n) is 2.37. The third-order valence-corrected chi connectivity index (χ3v) is 3.67. The topological polar surface area (TPSA) is 94.6 Å². The van der Waals surface area contributed by atoms with Crippen LogP contribution in [0.25, 0.3) is 11.0 Å². The smallest absolute Gasteiger partial charge is 0.260 e. The van der Waals surface area contributed by atoms with Crippen LogP contribution in [-0.4, -0.2) is 19.6 Å². The molecule has 23 heavy (non-hydrogen) atoms. The van der Waals surface area contributed by atoms with E-state index in [2.05, 4.69) is 12.2 Å². The molecule has 1 heterocycles. The lowest BCUT2D eigenvalue weighted by molar-refractivity contribution is 0.0951. The van der Waals surface area contributed by atoms with Gasteiger partial charge >= 0.3 is 0 Å². The van der Waals surface area contributed by atoms with Gasteiger partial charge in [-0.25, -0.2) is 0 Å². The third-order valence-electron chi connectivity index (χ3n) is 3.67. The Morgan fingerprint density at radius 1 is 1.30 bits per heavy atom. The first-order valence-electron chi connectivity index (χ1n) is 7.77. The second-order valence-corrected chi connectivity index (χ2v) is 5.35. The molecular formula is C17H22N2O4. The van der Waals surface area contributed by atoms with Crippen molar-refractivity contribution in [2.45, 2.75) is 32.6 Å². The minimum Gasteiger partial charge on any atom is -0.497 e. The second kappa shape index (κ2) is 7.67. The monoisotopic (exact) mass is 318 g/mol. The summed E-state index contributed by atoms with van der Waals surface area (Å²) in [6, 6.07) is 4.78. The number of rotatable bonds is 7. The molecule has 0 aliphatic rings. The average molecular weight is 318 g/mol. The molecule has 6 heteroatoms. The number of nitrogens with two attached hydrogens (primary N) is 1. The van der Waals surface area contributed by atoms with Crippen molar-refractivity contribution < 1.29 is 13.9 Å². The highest BCUT2D eigenvalue weighted by Gasteiger charge is 2.19. The summed E-state index contributed by atoms with van der Waals surface area (Å²) in [5.74, 6) is -0.125. The van der Waals surface area contributed by atoms with Crippen molar-refractivity contribution >= 4 is 22.8 Å². The lowest BCUT2D eigenvalue weighted by Crippen LogP contribution is -2.30. The van der Waals surface area contributed by atoms with Crippen molar-refractivity contribution in [2.75, 3.05) is 19.4 Å². The molecule has 0 bridgehead atoms. The number of benzene rings is 1. The van der Waals surface area contributed by atoms with E-state index in [9.17, 15) is 9.59 Å². The first kappa shape index (κ1) is 16.9. The average Bonchev–Trinajstić information content (AvgIpc) is 2.54. The number of nitrogens with one attached hydrogen (secondary N) is 1. The van der Waals surface area contributed by atoms with E-state index in [4.69, 9.17) is 14.9 Å². The number of nitrogen functional groups attached to an aromatic ring is 1. The lowest BCUT2D eigenvalue weighted by atomic mass is 10.1. The van der Waals surface area contributed by atoms with Gasteiger partial charge in [-0.15, -0.1) is 0 Å². The van der Waals surface area contributed by atoms with Gasteiger partial charge in [0, 0.05) is 12.6 Å². The summed E-state index contributed by atoms with van der Waals surface area (Å²) in [7, 11) is 1.52. The van der Waals surface area contributed by atoms with Gasteiger partial charge in [0.1, 0.15) is 16.9 Å². The normalized spacial score (nSPS) is 10.7. The number of hydrogen-bond donors (Lipinski definition) is 2. The zero-order chi connectivity index (χ0) is 16.8. The van der Waals surface area contributed by atoms with Crippen LogP contribution in [0.3, 0.4) is 0 Å². The standard InChI is InChI=1S/C17H22N2O4/c1-3-4-5-6-9-19-17(21)14-15(20)12-8-7-11(22-2)10-13(12)23-16(14)18/h7-8,10H,3-6,9,18H2,1-2H3,(H,19,21). The van der Waals surface area contributed by atoms with E-state index in [1.807, 2.05) is 0 Å². The Hall–Kier alpha value is -2.50. The van der Waals surface area contributed by atoms with Crippen LogP contribution in [0.1, 0.15) is 43.0 Å². The Kier molecular flexibility index (Phi) is 5.62. The number of unbranched alkanes of at least 4 members (excludes halogenated alkanes) is 3. The van der Waals surface area contributed by atoms with Gasteiger partial charge in [-0.2, -0.15) is 0 Å². The molecule has 1 aromatic carbocycles. The quantitative estimate of drug-likeness (QED) is 0.765. The van der Waals surface area contributed by atoms with Crippen LogP contribution in [0.2, 0.25) is 0 Å². The van der Waals surface area contributed by atoms with Gasteiger partial charge < -0.3 is 20.2 Å². The zero-order valence-corrected chi connectivity index (χ0v) is 13.5. The minimum absolute atomic E-state index is 0.141. The largest absolute Gasteiger partial charge is 0.497 e. The maximum atomic E-state index is 12.5. The number of fused-ring (bicyclic) bond motifs is 1. The number of carbonyl (C=O) groups excluding carboxylic acids is 1. The number of ether oxygens (including phenoxy) is 1. The number of methoxy groups -OCH3 is 1. The van der Waals surface area contributed by atoms with Crippen LogP contribution in [0.5, 0.6) is 5.75 Å². The minimum atomic E-state index is -0.495. The molecular weight excluding hydrogens is 296 g/mol. The van der Waals surface area contributed by atoms with Gasteiger partial charge in [-0.1, -0.05) is 26.2 Å². The fraction of sp³-hybridized carbons (Fsp3) is 0.412. The molecule has 0 saturated heterocycles. The van der Waals surface area contributed by atoms with Crippen molar-refractivity contribution in [1.29, 1.82) is 0 Å². The zero-order valence-electron chi connectivity index (χ0n) is 13.5. The summed E-state index contributed by atoms with van der Waals surface area (Å²) in [6.07, 6.45) is 4.16.